The lowest BCUT2D eigenvalue weighted by Crippen LogP contribution is -2.36. The van der Waals surface area contributed by atoms with Crippen LogP contribution in [0.15, 0.2) is 18.5 Å². The maximum absolute atomic E-state index is 11.9. The Labute approximate surface area is 96.2 Å². The first-order valence-corrected chi connectivity index (χ1v) is 5.91. The molecule has 4 nitrogen and oxygen atoms in total. The van der Waals surface area contributed by atoms with Gasteiger partial charge >= 0.3 is 0 Å². The molecule has 88 valence electrons. The number of carbonyl (C=O) groups is 1. The Morgan fingerprint density at radius 2 is 2.38 bits per heavy atom. The first-order valence-electron chi connectivity index (χ1n) is 5.91. The van der Waals surface area contributed by atoms with Crippen molar-refractivity contribution in [2.24, 2.45) is 5.92 Å². The molecule has 1 fully saturated rings. The van der Waals surface area contributed by atoms with Gasteiger partial charge in [-0.1, -0.05) is 0 Å². The minimum atomic E-state index is 0.218. The summed E-state index contributed by atoms with van der Waals surface area (Å²) in [6.45, 7) is 2.82. The van der Waals surface area contributed by atoms with Crippen LogP contribution in [0.3, 0.4) is 0 Å². The fourth-order valence-corrected chi connectivity index (χ4v) is 1.94. The second-order valence-electron chi connectivity index (χ2n) is 4.60. The SMILES string of the molecule is C[C@@H](C1CC1)N(C)C(=O)CCn1cccn1. The Balaban J connectivity index is 1.78. The summed E-state index contributed by atoms with van der Waals surface area (Å²) in [7, 11) is 1.91. The second kappa shape index (κ2) is 4.68. The van der Waals surface area contributed by atoms with E-state index in [-0.39, 0.29) is 5.91 Å². The highest BCUT2D eigenvalue weighted by molar-refractivity contribution is 5.76. The van der Waals surface area contributed by atoms with Gasteiger partial charge < -0.3 is 4.90 Å². The van der Waals surface area contributed by atoms with Gasteiger partial charge in [0, 0.05) is 38.4 Å². The van der Waals surface area contributed by atoms with E-state index in [0.717, 1.165) is 5.92 Å². The number of nitrogens with zero attached hydrogens (tertiary/aromatic N) is 3. The van der Waals surface area contributed by atoms with Gasteiger partial charge in [-0.3, -0.25) is 9.48 Å². The van der Waals surface area contributed by atoms with E-state index in [4.69, 9.17) is 0 Å². The maximum Gasteiger partial charge on any atom is 0.224 e. The molecule has 1 amide bonds. The van der Waals surface area contributed by atoms with Gasteiger partial charge in [0.1, 0.15) is 0 Å². The van der Waals surface area contributed by atoms with Crippen LogP contribution in [0, 0.1) is 5.92 Å². The summed E-state index contributed by atoms with van der Waals surface area (Å²) in [4.78, 5) is 13.8. The summed E-state index contributed by atoms with van der Waals surface area (Å²) in [5.41, 5.74) is 0. The lowest BCUT2D eigenvalue weighted by Gasteiger charge is -2.24. The van der Waals surface area contributed by atoms with Gasteiger partial charge in [-0.15, -0.1) is 0 Å². The van der Waals surface area contributed by atoms with Crippen LogP contribution < -0.4 is 0 Å². The highest BCUT2D eigenvalue weighted by atomic mass is 16.2. The molecule has 0 saturated heterocycles. The van der Waals surface area contributed by atoms with E-state index in [1.807, 2.05) is 24.2 Å². The lowest BCUT2D eigenvalue weighted by molar-refractivity contribution is -0.132. The molecule has 1 aromatic heterocycles. The molecule has 0 spiro atoms. The standard InChI is InChI=1S/C12H19N3O/c1-10(11-4-5-11)14(2)12(16)6-9-15-8-3-7-13-15/h3,7-8,10-11H,4-6,9H2,1-2H3/t10-/m0/s1. The van der Waals surface area contributed by atoms with Gasteiger partial charge in [-0.25, -0.2) is 0 Å². The largest absolute Gasteiger partial charge is 0.343 e. The Kier molecular flexibility index (Phi) is 3.27. The van der Waals surface area contributed by atoms with E-state index in [1.165, 1.54) is 12.8 Å². The number of aryl methyl sites for hydroxylation is 1. The molecular weight excluding hydrogens is 202 g/mol. The molecule has 1 aliphatic rings. The van der Waals surface area contributed by atoms with Gasteiger partial charge in [-0.2, -0.15) is 5.10 Å². The van der Waals surface area contributed by atoms with Crippen molar-refractivity contribution in [3.63, 3.8) is 0 Å². The van der Waals surface area contributed by atoms with Crippen molar-refractivity contribution < 1.29 is 4.79 Å². The van der Waals surface area contributed by atoms with Crippen LogP contribution >= 0.6 is 0 Å². The summed E-state index contributed by atoms with van der Waals surface area (Å²) in [5, 5.41) is 4.09. The average Bonchev–Trinajstić information content (AvgIpc) is 3.01. The van der Waals surface area contributed by atoms with Crippen molar-refractivity contribution in [3.05, 3.63) is 18.5 Å². The predicted molar refractivity (Wildman–Crippen MR) is 61.8 cm³/mol. The van der Waals surface area contributed by atoms with Gasteiger partial charge in [0.2, 0.25) is 5.91 Å². The molecule has 0 aliphatic heterocycles. The zero-order valence-corrected chi connectivity index (χ0v) is 9.97. The third-order valence-corrected chi connectivity index (χ3v) is 3.42. The van der Waals surface area contributed by atoms with Gasteiger partial charge in [0.15, 0.2) is 0 Å². The van der Waals surface area contributed by atoms with E-state index in [1.54, 1.807) is 10.9 Å². The van der Waals surface area contributed by atoms with Crippen LogP contribution in [-0.2, 0) is 11.3 Å². The highest BCUT2D eigenvalue weighted by Crippen LogP contribution is 2.34. The summed E-state index contributed by atoms with van der Waals surface area (Å²) in [6, 6.07) is 2.27. The smallest absolute Gasteiger partial charge is 0.224 e. The number of amides is 1. The molecule has 1 atom stereocenters. The molecule has 16 heavy (non-hydrogen) atoms. The summed E-state index contributed by atoms with van der Waals surface area (Å²) >= 11 is 0. The molecule has 4 heteroatoms. The first kappa shape index (κ1) is 11.2. The predicted octanol–water partition coefficient (Wildman–Crippen LogP) is 1.53. The normalized spacial score (nSPS) is 17.1. The minimum Gasteiger partial charge on any atom is -0.343 e. The Bertz CT molecular complexity index is 343. The molecule has 0 N–H and O–H groups in total. The van der Waals surface area contributed by atoms with E-state index in [9.17, 15) is 4.79 Å². The van der Waals surface area contributed by atoms with Crippen molar-refractivity contribution in [2.45, 2.75) is 38.8 Å². The highest BCUT2D eigenvalue weighted by Gasteiger charge is 2.32. The maximum atomic E-state index is 11.9. The lowest BCUT2D eigenvalue weighted by atomic mass is 10.2. The quantitative estimate of drug-likeness (QED) is 0.756. The van der Waals surface area contributed by atoms with Crippen molar-refractivity contribution in [1.82, 2.24) is 14.7 Å². The third kappa shape index (κ3) is 2.62. The Hall–Kier alpha value is -1.32. The van der Waals surface area contributed by atoms with Crippen LogP contribution in [0.4, 0.5) is 0 Å². The molecule has 1 saturated carbocycles. The van der Waals surface area contributed by atoms with Crippen LogP contribution in [0.1, 0.15) is 26.2 Å². The number of hydrogen-bond donors (Lipinski definition) is 0. The van der Waals surface area contributed by atoms with Crippen molar-refractivity contribution in [2.75, 3.05) is 7.05 Å². The van der Waals surface area contributed by atoms with E-state index < -0.39 is 0 Å². The zero-order valence-electron chi connectivity index (χ0n) is 9.97. The van der Waals surface area contributed by atoms with Crippen molar-refractivity contribution in [1.29, 1.82) is 0 Å². The second-order valence-corrected chi connectivity index (χ2v) is 4.60. The molecular formula is C12H19N3O. The zero-order chi connectivity index (χ0) is 11.5. The Morgan fingerprint density at radius 1 is 1.62 bits per heavy atom. The van der Waals surface area contributed by atoms with Crippen molar-refractivity contribution in [3.8, 4) is 0 Å². The molecule has 0 bridgehead atoms. The minimum absolute atomic E-state index is 0.218. The number of rotatable bonds is 5. The Morgan fingerprint density at radius 3 is 2.94 bits per heavy atom. The fraction of sp³-hybridized carbons (Fsp3) is 0.667. The number of hydrogen-bond acceptors (Lipinski definition) is 2. The van der Waals surface area contributed by atoms with Crippen LogP contribution in [0.2, 0.25) is 0 Å². The van der Waals surface area contributed by atoms with E-state index in [0.29, 0.717) is 19.0 Å². The summed E-state index contributed by atoms with van der Waals surface area (Å²) in [6.07, 6.45) is 6.71. The summed E-state index contributed by atoms with van der Waals surface area (Å²) < 4.78 is 1.80. The number of carbonyl (C=O) groups excluding carboxylic acids is 1. The molecule has 1 aliphatic carbocycles. The van der Waals surface area contributed by atoms with Gasteiger partial charge in [-0.05, 0) is 31.7 Å². The first-order chi connectivity index (χ1) is 7.68. The molecule has 0 radical (unpaired) electrons. The average molecular weight is 221 g/mol. The third-order valence-electron chi connectivity index (χ3n) is 3.42. The molecule has 0 unspecified atom stereocenters. The van der Waals surface area contributed by atoms with Crippen LogP contribution in [0.25, 0.3) is 0 Å². The number of aromatic nitrogens is 2. The molecule has 1 heterocycles. The van der Waals surface area contributed by atoms with Crippen LogP contribution in [-0.4, -0.2) is 33.7 Å². The monoisotopic (exact) mass is 221 g/mol. The van der Waals surface area contributed by atoms with Gasteiger partial charge in [0.25, 0.3) is 0 Å². The molecule has 2 rings (SSSR count). The topological polar surface area (TPSA) is 38.1 Å². The van der Waals surface area contributed by atoms with Crippen LogP contribution in [0.5, 0.6) is 0 Å². The molecule has 1 aromatic rings. The van der Waals surface area contributed by atoms with Crippen molar-refractivity contribution >= 4 is 5.91 Å². The fourth-order valence-electron chi connectivity index (χ4n) is 1.94. The van der Waals surface area contributed by atoms with Gasteiger partial charge in [0.05, 0.1) is 0 Å². The van der Waals surface area contributed by atoms with E-state index >= 15 is 0 Å². The summed E-state index contributed by atoms with van der Waals surface area (Å²) in [5.74, 6) is 0.952. The van der Waals surface area contributed by atoms with E-state index in [2.05, 4.69) is 12.0 Å². The molecule has 0 aromatic carbocycles.